The Morgan fingerprint density at radius 3 is 3.00 bits per heavy atom. The van der Waals surface area contributed by atoms with E-state index in [4.69, 9.17) is 4.74 Å². The van der Waals surface area contributed by atoms with Crippen molar-refractivity contribution in [1.29, 1.82) is 0 Å². The Hall–Kier alpha value is -1.72. The fourth-order valence-corrected chi connectivity index (χ4v) is 3.74. The van der Waals surface area contributed by atoms with Gasteiger partial charge in [-0.25, -0.2) is 4.98 Å². The van der Waals surface area contributed by atoms with Gasteiger partial charge in [0.25, 0.3) is 5.56 Å². The van der Waals surface area contributed by atoms with Crippen molar-refractivity contribution >= 4 is 10.9 Å². The first kappa shape index (κ1) is 13.9. The van der Waals surface area contributed by atoms with Crippen LogP contribution < -0.4 is 10.9 Å². The summed E-state index contributed by atoms with van der Waals surface area (Å²) in [6.45, 7) is 4.60. The molecule has 3 heterocycles. The third-order valence-electron chi connectivity index (χ3n) is 5.04. The van der Waals surface area contributed by atoms with E-state index in [-0.39, 0.29) is 17.2 Å². The number of piperidine rings is 1. The second kappa shape index (κ2) is 5.18. The molecule has 0 bridgehead atoms. The van der Waals surface area contributed by atoms with Gasteiger partial charge in [0.1, 0.15) is 0 Å². The average molecular weight is 299 g/mol. The van der Waals surface area contributed by atoms with Crippen molar-refractivity contribution in [3.05, 3.63) is 40.4 Å². The quantitative estimate of drug-likeness (QED) is 0.872. The van der Waals surface area contributed by atoms with Gasteiger partial charge in [-0.1, -0.05) is 11.6 Å². The second-order valence-electron chi connectivity index (χ2n) is 6.58. The molecule has 1 N–H and O–H groups in total. The number of ether oxygens (including phenoxy) is 1. The van der Waals surface area contributed by atoms with Gasteiger partial charge >= 0.3 is 0 Å². The summed E-state index contributed by atoms with van der Waals surface area (Å²) in [4.78, 5) is 17.3. The topological polar surface area (TPSA) is 56.1 Å². The molecule has 4 rings (SSSR count). The third kappa shape index (κ3) is 2.25. The summed E-state index contributed by atoms with van der Waals surface area (Å²) in [6, 6.07) is 5.93. The van der Waals surface area contributed by atoms with E-state index in [0.29, 0.717) is 12.0 Å². The van der Waals surface area contributed by atoms with Gasteiger partial charge in [0.05, 0.1) is 35.5 Å². The van der Waals surface area contributed by atoms with Crippen LogP contribution in [0.15, 0.2) is 29.3 Å². The molecule has 1 atom stereocenters. The number of aryl methyl sites for hydroxylation is 1. The molecule has 2 aliphatic rings. The minimum absolute atomic E-state index is 0.0447. The fraction of sp³-hybridized carbons (Fsp3) is 0.529. The largest absolute Gasteiger partial charge is 0.373 e. The summed E-state index contributed by atoms with van der Waals surface area (Å²) in [6.07, 6.45) is 4.65. The Morgan fingerprint density at radius 2 is 2.18 bits per heavy atom. The summed E-state index contributed by atoms with van der Waals surface area (Å²) >= 11 is 0. The number of hydrogen-bond acceptors (Lipinski definition) is 4. The first-order valence-electron chi connectivity index (χ1n) is 7.99. The lowest BCUT2D eigenvalue weighted by molar-refractivity contribution is -0.0196. The van der Waals surface area contributed by atoms with Crippen LogP contribution in [-0.4, -0.2) is 34.8 Å². The number of aromatic nitrogens is 2. The van der Waals surface area contributed by atoms with Gasteiger partial charge in [-0.3, -0.25) is 9.36 Å². The molecule has 0 radical (unpaired) electrons. The predicted octanol–water partition coefficient (Wildman–Crippen LogP) is 1.79. The van der Waals surface area contributed by atoms with Crippen LogP contribution in [0.5, 0.6) is 0 Å². The number of hydrogen-bond donors (Lipinski definition) is 1. The molecule has 0 saturated carbocycles. The maximum absolute atomic E-state index is 12.8. The van der Waals surface area contributed by atoms with E-state index in [1.165, 1.54) is 0 Å². The molecule has 2 aromatic rings. The molecule has 2 fully saturated rings. The van der Waals surface area contributed by atoms with Crippen LogP contribution in [0.2, 0.25) is 0 Å². The number of benzene rings is 1. The van der Waals surface area contributed by atoms with Crippen LogP contribution in [0.1, 0.15) is 30.9 Å². The number of nitrogens with zero attached hydrogens (tertiary/aromatic N) is 2. The Balaban J connectivity index is 1.70. The van der Waals surface area contributed by atoms with E-state index in [9.17, 15) is 4.79 Å². The lowest BCUT2D eigenvalue weighted by Crippen LogP contribution is -2.41. The van der Waals surface area contributed by atoms with Crippen molar-refractivity contribution in [2.75, 3.05) is 19.7 Å². The lowest BCUT2D eigenvalue weighted by atomic mass is 9.88. The molecule has 116 valence electrons. The summed E-state index contributed by atoms with van der Waals surface area (Å²) in [5.41, 5.74) is 1.86. The third-order valence-corrected chi connectivity index (χ3v) is 5.04. The molecular weight excluding hydrogens is 278 g/mol. The standard InChI is InChI=1S/C17H21N3O2/c1-12-2-3-15-14(8-12)16(21)20(11-19-15)13-9-17(22-10-13)4-6-18-7-5-17/h2-3,8,11,13,18H,4-7,9-10H2,1H3/t13-/m1/s1. The Kier molecular flexibility index (Phi) is 3.27. The van der Waals surface area contributed by atoms with Crippen molar-refractivity contribution in [2.45, 2.75) is 37.8 Å². The van der Waals surface area contributed by atoms with Crippen molar-refractivity contribution in [3.8, 4) is 0 Å². The van der Waals surface area contributed by atoms with Crippen molar-refractivity contribution in [2.24, 2.45) is 0 Å². The molecule has 1 aromatic carbocycles. The van der Waals surface area contributed by atoms with Crippen LogP contribution in [-0.2, 0) is 4.74 Å². The summed E-state index contributed by atoms with van der Waals surface area (Å²) in [5.74, 6) is 0. The molecule has 0 unspecified atom stereocenters. The van der Waals surface area contributed by atoms with E-state index >= 15 is 0 Å². The van der Waals surface area contributed by atoms with Crippen LogP contribution in [0.3, 0.4) is 0 Å². The molecular formula is C17H21N3O2. The number of nitrogens with one attached hydrogen (secondary N) is 1. The Labute approximate surface area is 129 Å². The van der Waals surface area contributed by atoms with Crippen molar-refractivity contribution in [3.63, 3.8) is 0 Å². The predicted molar refractivity (Wildman–Crippen MR) is 85.2 cm³/mol. The summed E-state index contributed by atoms with van der Waals surface area (Å²) < 4.78 is 7.89. The van der Waals surface area contributed by atoms with Gasteiger partial charge in [0, 0.05) is 0 Å². The smallest absolute Gasteiger partial charge is 0.261 e. The van der Waals surface area contributed by atoms with Crippen LogP contribution >= 0.6 is 0 Å². The van der Waals surface area contributed by atoms with E-state index in [1.807, 2.05) is 25.1 Å². The molecule has 2 aliphatic heterocycles. The lowest BCUT2D eigenvalue weighted by Gasteiger charge is -2.32. The molecule has 5 nitrogen and oxygen atoms in total. The molecule has 1 aromatic heterocycles. The maximum Gasteiger partial charge on any atom is 0.261 e. The minimum Gasteiger partial charge on any atom is -0.373 e. The Bertz CT molecular complexity index is 762. The first-order valence-corrected chi connectivity index (χ1v) is 7.99. The van der Waals surface area contributed by atoms with Crippen molar-refractivity contribution in [1.82, 2.24) is 14.9 Å². The fourth-order valence-electron chi connectivity index (χ4n) is 3.74. The number of rotatable bonds is 1. The van der Waals surface area contributed by atoms with Gasteiger partial charge in [0.15, 0.2) is 0 Å². The highest BCUT2D eigenvalue weighted by atomic mass is 16.5. The molecule has 1 spiro atoms. The SMILES string of the molecule is Cc1ccc2ncn([C@H]3COC4(CCNCC4)C3)c(=O)c2c1. The highest BCUT2D eigenvalue weighted by Gasteiger charge is 2.42. The molecule has 0 amide bonds. The monoisotopic (exact) mass is 299 g/mol. The summed E-state index contributed by atoms with van der Waals surface area (Å²) in [7, 11) is 0. The number of fused-ring (bicyclic) bond motifs is 1. The zero-order valence-corrected chi connectivity index (χ0v) is 12.8. The van der Waals surface area contributed by atoms with E-state index in [0.717, 1.165) is 43.4 Å². The van der Waals surface area contributed by atoms with E-state index in [2.05, 4.69) is 10.3 Å². The molecule has 2 saturated heterocycles. The highest BCUT2D eigenvalue weighted by molar-refractivity contribution is 5.77. The van der Waals surface area contributed by atoms with Crippen LogP contribution in [0.25, 0.3) is 10.9 Å². The van der Waals surface area contributed by atoms with Crippen LogP contribution in [0, 0.1) is 6.92 Å². The normalized spacial score (nSPS) is 24.1. The first-order chi connectivity index (χ1) is 10.7. The highest BCUT2D eigenvalue weighted by Crippen LogP contribution is 2.38. The van der Waals surface area contributed by atoms with Gasteiger partial charge in [-0.2, -0.15) is 0 Å². The van der Waals surface area contributed by atoms with Gasteiger partial charge in [-0.05, 0) is 51.4 Å². The minimum atomic E-state index is -0.0447. The second-order valence-corrected chi connectivity index (χ2v) is 6.58. The van der Waals surface area contributed by atoms with E-state index in [1.54, 1.807) is 10.9 Å². The van der Waals surface area contributed by atoms with Gasteiger partial charge in [0.2, 0.25) is 0 Å². The van der Waals surface area contributed by atoms with Gasteiger partial charge < -0.3 is 10.1 Å². The Morgan fingerprint density at radius 1 is 1.36 bits per heavy atom. The van der Waals surface area contributed by atoms with Crippen molar-refractivity contribution < 1.29 is 4.74 Å². The maximum atomic E-state index is 12.8. The van der Waals surface area contributed by atoms with E-state index < -0.39 is 0 Å². The van der Waals surface area contributed by atoms with Crippen LogP contribution in [0.4, 0.5) is 0 Å². The zero-order valence-electron chi connectivity index (χ0n) is 12.8. The molecule has 22 heavy (non-hydrogen) atoms. The van der Waals surface area contributed by atoms with Gasteiger partial charge in [-0.15, -0.1) is 0 Å². The molecule has 5 heteroatoms. The zero-order chi connectivity index (χ0) is 15.2. The average Bonchev–Trinajstić information content (AvgIpc) is 2.92. The summed E-state index contributed by atoms with van der Waals surface area (Å²) in [5, 5.41) is 4.07. The molecule has 0 aliphatic carbocycles.